The number of fused-ring (bicyclic) bond motifs is 9. The molecule has 326 valence electrons. The standard InChI is InChI=1S/C60H36N10/c1-4-16-37(17-5-1)40-28-31-46-43-22-10-13-25-49(43)67(52(46)34-40)55-61-58-63-56(68-50-26-14-11-23-44(50)47-32-29-41(35-53(47)68)38-18-6-2-7-19-38)65-60-66-57(64-59(62-55)70(58)60)69-51-27-15-12-24-45(51)48-33-30-42(36-54(48)69)39-20-8-3-9-21-39/h1-36H. The van der Waals surface area contributed by atoms with Gasteiger partial charge in [0.05, 0.1) is 33.1 Å². The first-order chi connectivity index (χ1) is 34.7. The molecule has 0 aliphatic carbocycles. The maximum atomic E-state index is 5.37. The summed E-state index contributed by atoms with van der Waals surface area (Å²) in [5, 5.41) is 6.52. The third-order valence-corrected chi connectivity index (χ3v) is 13.7. The van der Waals surface area contributed by atoms with Crippen LogP contribution in [-0.4, -0.2) is 54.4 Å². The third-order valence-electron chi connectivity index (χ3n) is 13.7. The van der Waals surface area contributed by atoms with E-state index in [1.54, 1.807) is 4.90 Å². The zero-order valence-corrected chi connectivity index (χ0v) is 37.3. The lowest BCUT2D eigenvalue weighted by molar-refractivity contribution is 0.814. The normalized spacial score (nSPS) is 14.5. The molecule has 0 N–H and O–H groups in total. The Hall–Kier alpha value is -9.80. The molecule has 0 bridgehead atoms. The molecule has 0 saturated carbocycles. The Kier molecular flexibility index (Phi) is 8.13. The summed E-state index contributed by atoms with van der Waals surface area (Å²) in [4.78, 5) is 34.0. The molecule has 6 heterocycles. The maximum absolute atomic E-state index is 5.37. The van der Waals surface area contributed by atoms with E-state index >= 15 is 0 Å². The van der Waals surface area contributed by atoms with Crippen LogP contribution in [0.2, 0.25) is 0 Å². The van der Waals surface area contributed by atoms with E-state index in [2.05, 4.69) is 214 Å². The molecule has 0 saturated heterocycles. The van der Waals surface area contributed by atoms with E-state index in [0.717, 1.165) is 98.8 Å². The van der Waals surface area contributed by atoms with Gasteiger partial charge >= 0.3 is 0 Å². The Morgan fingerprint density at radius 2 is 0.457 bits per heavy atom. The molecule has 0 spiro atoms. The highest BCUT2D eigenvalue weighted by Gasteiger charge is 2.38. The Balaban J connectivity index is 1.01. The molecule has 0 amide bonds. The van der Waals surface area contributed by atoms with Gasteiger partial charge in [-0.15, -0.1) is 0 Å². The number of hydrogen-bond donors (Lipinski definition) is 0. The molecule has 0 unspecified atom stereocenters. The highest BCUT2D eigenvalue weighted by atomic mass is 15.5. The predicted octanol–water partition coefficient (Wildman–Crippen LogP) is 13.4. The second-order valence-electron chi connectivity index (χ2n) is 17.7. The van der Waals surface area contributed by atoms with Crippen LogP contribution in [0, 0.1) is 0 Å². The van der Waals surface area contributed by atoms with Crippen LogP contribution in [-0.2, 0) is 0 Å². The Labute approximate surface area is 399 Å². The van der Waals surface area contributed by atoms with Crippen LogP contribution >= 0.6 is 0 Å². The number of nitrogens with zero attached hydrogens (tertiary/aromatic N) is 10. The van der Waals surface area contributed by atoms with Crippen molar-refractivity contribution in [3.05, 3.63) is 218 Å². The van der Waals surface area contributed by atoms with Gasteiger partial charge < -0.3 is 0 Å². The number of aromatic nitrogens is 3. The average Bonchev–Trinajstić information content (AvgIpc) is 4.06. The van der Waals surface area contributed by atoms with Crippen LogP contribution in [0.1, 0.15) is 0 Å². The van der Waals surface area contributed by atoms with Crippen molar-refractivity contribution in [3.63, 3.8) is 0 Å². The zero-order valence-electron chi connectivity index (χ0n) is 37.3. The zero-order chi connectivity index (χ0) is 45.9. The summed E-state index contributed by atoms with van der Waals surface area (Å²) in [7, 11) is 0. The van der Waals surface area contributed by atoms with Gasteiger partial charge in [0, 0.05) is 32.3 Å². The van der Waals surface area contributed by atoms with Gasteiger partial charge in [0.1, 0.15) is 0 Å². The summed E-state index contributed by atoms with van der Waals surface area (Å²) < 4.78 is 6.40. The Morgan fingerprint density at radius 3 is 0.771 bits per heavy atom. The van der Waals surface area contributed by atoms with E-state index in [1.807, 2.05) is 18.2 Å². The first-order valence-electron chi connectivity index (χ1n) is 23.3. The minimum atomic E-state index is 0.357. The van der Waals surface area contributed by atoms with Crippen LogP contribution in [0.25, 0.3) is 98.8 Å². The van der Waals surface area contributed by atoms with Gasteiger partial charge in [0.15, 0.2) is 0 Å². The molecule has 10 nitrogen and oxygen atoms in total. The monoisotopic (exact) mass is 896 g/mol. The average molecular weight is 897 g/mol. The largest absolute Gasteiger partial charge is 0.278 e. The molecule has 3 aliphatic rings. The van der Waals surface area contributed by atoms with Gasteiger partial charge in [-0.05, 0) is 69.8 Å². The van der Waals surface area contributed by atoms with Crippen LogP contribution in [0.15, 0.2) is 248 Å². The molecule has 12 aromatic rings. The van der Waals surface area contributed by atoms with Crippen molar-refractivity contribution in [2.75, 3.05) is 0 Å². The van der Waals surface area contributed by atoms with E-state index in [1.165, 1.54) is 0 Å². The van der Waals surface area contributed by atoms with Crippen molar-refractivity contribution in [3.8, 4) is 33.4 Å². The first kappa shape index (κ1) is 38.3. The van der Waals surface area contributed by atoms with E-state index in [0.29, 0.717) is 35.8 Å². The van der Waals surface area contributed by atoms with E-state index in [-0.39, 0.29) is 0 Å². The Morgan fingerprint density at radius 1 is 0.200 bits per heavy atom. The first-order valence-corrected chi connectivity index (χ1v) is 23.3. The van der Waals surface area contributed by atoms with Crippen molar-refractivity contribution in [1.29, 1.82) is 0 Å². The summed E-state index contributed by atoms with van der Waals surface area (Å²) in [5.41, 5.74) is 12.4. The van der Waals surface area contributed by atoms with Crippen molar-refractivity contribution in [1.82, 2.24) is 18.6 Å². The summed E-state index contributed by atoms with van der Waals surface area (Å²) in [6.07, 6.45) is 0. The fourth-order valence-corrected chi connectivity index (χ4v) is 10.5. The number of guanidine groups is 3. The molecule has 3 aromatic heterocycles. The van der Waals surface area contributed by atoms with Crippen molar-refractivity contribution in [2.45, 2.75) is 0 Å². The molecule has 15 rings (SSSR count). The van der Waals surface area contributed by atoms with Gasteiger partial charge in [-0.2, -0.15) is 30.0 Å². The summed E-state index contributed by atoms with van der Waals surface area (Å²) in [6, 6.07) is 76.4. The molecule has 9 aromatic carbocycles. The highest BCUT2D eigenvalue weighted by Crippen LogP contribution is 2.38. The van der Waals surface area contributed by atoms with E-state index < -0.39 is 0 Å². The van der Waals surface area contributed by atoms with Crippen molar-refractivity contribution >= 4 is 101 Å². The Bertz CT molecular complexity index is 3940. The van der Waals surface area contributed by atoms with Gasteiger partial charge in [0.25, 0.3) is 0 Å². The molecule has 0 atom stereocenters. The van der Waals surface area contributed by atoms with E-state index in [9.17, 15) is 0 Å². The number of hydrogen-bond acceptors (Lipinski definition) is 7. The lowest BCUT2D eigenvalue weighted by Gasteiger charge is -2.31. The van der Waals surface area contributed by atoms with Gasteiger partial charge in [-0.1, -0.05) is 182 Å². The fourth-order valence-electron chi connectivity index (χ4n) is 10.5. The number of benzene rings is 9. The second kappa shape index (κ2) is 14.9. The minimum absolute atomic E-state index is 0.357. The maximum Gasteiger partial charge on any atom is 0.246 e. The minimum Gasteiger partial charge on any atom is -0.278 e. The number of para-hydroxylation sites is 3. The molecule has 0 fully saturated rings. The van der Waals surface area contributed by atoms with Crippen LogP contribution in [0.3, 0.4) is 0 Å². The van der Waals surface area contributed by atoms with Crippen LogP contribution < -0.4 is 0 Å². The van der Waals surface area contributed by atoms with Crippen molar-refractivity contribution in [2.24, 2.45) is 30.0 Å². The molecule has 10 heteroatoms. The van der Waals surface area contributed by atoms with Gasteiger partial charge in [-0.25, -0.2) is 4.90 Å². The van der Waals surface area contributed by atoms with Gasteiger partial charge in [-0.3, -0.25) is 13.7 Å². The molecular weight excluding hydrogens is 861 g/mol. The van der Waals surface area contributed by atoms with Crippen LogP contribution in [0.4, 0.5) is 0 Å². The molecule has 0 radical (unpaired) electrons. The fraction of sp³-hybridized carbons (Fsp3) is 0. The summed E-state index contributed by atoms with van der Waals surface area (Å²) >= 11 is 0. The quantitative estimate of drug-likeness (QED) is 0.174. The summed E-state index contributed by atoms with van der Waals surface area (Å²) in [5.74, 6) is 2.35. The lowest BCUT2D eigenvalue weighted by Crippen LogP contribution is -2.49. The van der Waals surface area contributed by atoms with E-state index in [4.69, 9.17) is 30.0 Å². The topological polar surface area (TPSA) is 92.2 Å². The van der Waals surface area contributed by atoms with Crippen molar-refractivity contribution < 1.29 is 0 Å². The molecular formula is C60H36N10. The number of rotatable bonds is 3. The van der Waals surface area contributed by atoms with Crippen LogP contribution in [0.5, 0.6) is 0 Å². The number of aliphatic imine (C=N–C) groups is 6. The lowest BCUT2D eigenvalue weighted by atomic mass is 10.0. The molecule has 3 aliphatic heterocycles. The SMILES string of the molecule is c1ccc(-c2ccc3c4ccccc4n(C4=NC5=NC(n6c7ccccc7c7ccc(-c8ccccc8)cc76)=NC6=NC(n7c8ccccc8c8ccc(-c9ccccc9)cc87)=NC(=N4)N56)c3c2)cc1. The third kappa shape index (κ3) is 5.74. The second-order valence-corrected chi connectivity index (χ2v) is 17.7. The van der Waals surface area contributed by atoms with Gasteiger partial charge in [0.2, 0.25) is 35.8 Å². The molecule has 70 heavy (non-hydrogen) atoms. The smallest absolute Gasteiger partial charge is 0.246 e. The summed E-state index contributed by atoms with van der Waals surface area (Å²) in [6.45, 7) is 0. The predicted molar refractivity (Wildman–Crippen MR) is 287 cm³/mol. The highest BCUT2D eigenvalue weighted by molar-refractivity contribution is 6.33.